The van der Waals surface area contributed by atoms with Crippen LogP contribution in [-0.2, 0) is 0 Å². The van der Waals surface area contributed by atoms with Crippen molar-refractivity contribution >= 4 is 33.6 Å². The average molecular weight is 665 g/mol. The van der Waals surface area contributed by atoms with Crippen LogP contribution < -0.4 is 5.73 Å². The highest BCUT2D eigenvalue weighted by Crippen LogP contribution is 2.36. The molecule has 0 saturated heterocycles. The lowest BCUT2D eigenvalue weighted by atomic mass is 10.00. The van der Waals surface area contributed by atoms with Gasteiger partial charge in [-0.1, -0.05) is 24.3 Å². The molecule has 2 amide bonds. The van der Waals surface area contributed by atoms with Gasteiger partial charge in [-0.3, -0.25) is 24.5 Å². The molecule has 0 bridgehead atoms. The molecule has 7 aromatic rings. The van der Waals surface area contributed by atoms with Gasteiger partial charge < -0.3 is 5.73 Å². The van der Waals surface area contributed by atoms with Crippen LogP contribution in [0.15, 0.2) is 122 Å². The molecule has 1 aliphatic rings. The third kappa shape index (κ3) is 6.08. The van der Waals surface area contributed by atoms with Gasteiger partial charge in [-0.25, -0.2) is 18.7 Å². The van der Waals surface area contributed by atoms with Crippen molar-refractivity contribution in [3.8, 4) is 22.8 Å². The maximum Gasteiger partial charge on any atom is 0.262 e. The number of rotatable bonds is 5. The zero-order valence-corrected chi connectivity index (χ0v) is 27.1. The summed E-state index contributed by atoms with van der Waals surface area (Å²) in [7, 11) is 0. The first kappa shape index (κ1) is 32.3. The molecule has 2 N–H and O–H groups in total. The van der Waals surface area contributed by atoms with Crippen LogP contribution in [0.25, 0.3) is 44.6 Å². The minimum absolute atomic E-state index is 0.172. The first-order chi connectivity index (χ1) is 24.2. The molecule has 50 heavy (non-hydrogen) atoms. The van der Waals surface area contributed by atoms with Gasteiger partial charge in [0.15, 0.2) is 0 Å². The fraction of sp³-hybridized carbons (Fsp3) is 0.100. The maximum atomic E-state index is 13.8. The molecule has 0 saturated carbocycles. The number of pyridine rings is 4. The van der Waals surface area contributed by atoms with Gasteiger partial charge in [-0.05, 0) is 92.2 Å². The van der Waals surface area contributed by atoms with Crippen molar-refractivity contribution in [2.45, 2.75) is 25.9 Å². The number of nitrogens with zero attached hydrogens (tertiary/aromatic N) is 5. The number of fused-ring (bicyclic) bond motifs is 3. The average Bonchev–Trinajstić information content (AvgIpc) is 3.39. The van der Waals surface area contributed by atoms with Crippen LogP contribution in [0.5, 0.6) is 0 Å². The molecular formula is C40H30F2N6O2. The van der Waals surface area contributed by atoms with Gasteiger partial charge in [0.1, 0.15) is 11.6 Å². The van der Waals surface area contributed by atoms with E-state index in [0.717, 1.165) is 22.0 Å². The summed E-state index contributed by atoms with van der Waals surface area (Å²) >= 11 is 0. The molecule has 5 heterocycles. The number of aromatic nitrogens is 4. The second kappa shape index (κ2) is 13.3. The fourth-order valence-electron chi connectivity index (χ4n) is 6.09. The molecule has 1 aliphatic heterocycles. The summed E-state index contributed by atoms with van der Waals surface area (Å²) in [6, 6.07) is 29.8. The number of nitrogens with two attached hydrogens (primary N) is 1. The molecular weight excluding hydrogens is 634 g/mol. The van der Waals surface area contributed by atoms with Crippen molar-refractivity contribution in [3.05, 3.63) is 155 Å². The predicted octanol–water partition coefficient (Wildman–Crippen LogP) is 8.25. The van der Waals surface area contributed by atoms with Crippen molar-refractivity contribution in [1.29, 1.82) is 0 Å². The summed E-state index contributed by atoms with van der Waals surface area (Å²) in [5.74, 6) is -1.36. The summed E-state index contributed by atoms with van der Waals surface area (Å²) in [5, 5.41) is 1.59. The van der Waals surface area contributed by atoms with Crippen molar-refractivity contribution in [1.82, 2.24) is 24.8 Å². The van der Waals surface area contributed by atoms with Crippen LogP contribution in [0, 0.1) is 11.6 Å². The summed E-state index contributed by atoms with van der Waals surface area (Å²) < 4.78 is 27.1. The molecule has 0 spiro atoms. The van der Waals surface area contributed by atoms with Gasteiger partial charge in [0.2, 0.25) is 0 Å². The quantitative estimate of drug-likeness (QED) is 0.184. The van der Waals surface area contributed by atoms with Crippen LogP contribution in [0.2, 0.25) is 0 Å². The van der Waals surface area contributed by atoms with Gasteiger partial charge in [-0.2, -0.15) is 0 Å². The number of imide groups is 1. The van der Waals surface area contributed by atoms with E-state index in [0.29, 0.717) is 44.8 Å². The predicted molar refractivity (Wildman–Crippen MR) is 188 cm³/mol. The van der Waals surface area contributed by atoms with Crippen LogP contribution in [0.1, 0.15) is 57.8 Å². The second-order valence-corrected chi connectivity index (χ2v) is 11.9. The lowest BCUT2D eigenvalue weighted by molar-refractivity contribution is 0.0595. The molecule has 246 valence electrons. The van der Waals surface area contributed by atoms with E-state index in [1.807, 2.05) is 43.3 Å². The SMILES string of the molecule is C[C@@H](c1cc2ccc(F)cc2nc1-c1ccccn1)N1C(=O)c2ccccc2C1=O.C[C@H](N)c1cc2ccc(F)cc2nc1-c1ccccn1. The van der Waals surface area contributed by atoms with Gasteiger partial charge in [0.25, 0.3) is 11.8 Å². The Labute approximate surface area is 286 Å². The Hall–Kier alpha value is -6.26. The number of amides is 2. The summed E-state index contributed by atoms with van der Waals surface area (Å²) in [6.07, 6.45) is 3.35. The highest BCUT2D eigenvalue weighted by Gasteiger charge is 2.39. The normalized spacial score (nSPS) is 13.6. The van der Waals surface area contributed by atoms with Crippen LogP contribution in [0.3, 0.4) is 0 Å². The Bertz CT molecular complexity index is 2370. The van der Waals surface area contributed by atoms with Crippen molar-refractivity contribution in [2.75, 3.05) is 0 Å². The number of hydrogen-bond acceptors (Lipinski definition) is 7. The highest BCUT2D eigenvalue weighted by molar-refractivity contribution is 6.21. The third-order valence-corrected chi connectivity index (χ3v) is 8.59. The smallest absolute Gasteiger partial charge is 0.262 e. The van der Waals surface area contributed by atoms with Crippen LogP contribution in [0.4, 0.5) is 8.78 Å². The number of halogens is 2. The lowest BCUT2D eigenvalue weighted by Crippen LogP contribution is -2.33. The number of carbonyl (C=O) groups excluding carboxylic acids is 2. The van der Waals surface area contributed by atoms with E-state index in [1.165, 1.54) is 29.2 Å². The Kier molecular flexibility index (Phi) is 8.61. The Balaban J connectivity index is 0.000000170. The van der Waals surface area contributed by atoms with Crippen molar-refractivity contribution < 1.29 is 18.4 Å². The number of carbonyl (C=O) groups is 2. The Morgan fingerprint density at radius 2 is 1.06 bits per heavy atom. The van der Waals surface area contributed by atoms with Gasteiger partial charge in [0, 0.05) is 46.9 Å². The van der Waals surface area contributed by atoms with Crippen LogP contribution in [-0.4, -0.2) is 36.7 Å². The summed E-state index contributed by atoms with van der Waals surface area (Å²) in [6.45, 7) is 3.69. The molecule has 0 radical (unpaired) electrons. The number of hydrogen-bond donors (Lipinski definition) is 1. The molecule has 8 nitrogen and oxygen atoms in total. The van der Waals surface area contributed by atoms with E-state index >= 15 is 0 Å². The lowest BCUT2D eigenvalue weighted by Gasteiger charge is -2.25. The topological polar surface area (TPSA) is 115 Å². The maximum absolute atomic E-state index is 13.8. The molecule has 4 aromatic heterocycles. The van der Waals surface area contributed by atoms with Crippen molar-refractivity contribution in [2.24, 2.45) is 5.73 Å². The Morgan fingerprint density at radius 1 is 0.600 bits per heavy atom. The Morgan fingerprint density at radius 3 is 1.52 bits per heavy atom. The van der Waals surface area contributed by atoms with E-state index in [4.69, 9.17) is 5.73 Å². The van der Waals surface area contributed by atoms with E-state index in [1.54, 1.807) is 67.8 Å². The molecule has 0 fully saturated rings. The minimum Gasteiger partial charge on any atom is -0.324 e. The molecule has 3 aromatic carbocycles. The van der Waals surface area contributed by atoms with Crippen LogP contribution >= 0.6 is 0 Å². The molecule has 8 rings (SSSR count). The van der Waals surface area contributed by atoms with Gasteiger partial charge in [-0.15, -0.1) is 0 Å². The van der Waals surface area contributed by atoms with E-state index in [-0.39, 0.29) is 29.5 Å². The molecule has 0 unspecified atom stereocenters. The minimum atomic E-state index is -0.587. The van der Waals surface area contributed by atoms with Gasteiger partial charge >= 0.3 is 0 Å². The highest BCUT2D eigenvalue weighted by atomic mass is 19.1. The van der Waals surface area contributed by atoms with Gasteiger partial charge in [0.05, 0.1) is 51.0 Å². The second-order valence-electron chi connectivity index (χ2n) is 11.9. The van der Waals surface area contributed by atoms with Crippen molar-refractivity contribution in [3.63, 3.8) is 0 Å². The fourth-order valence-corrected chi connectivity index (χ4v) is 6.09. The molecule has 10 heteroatoms. The summed E-state index contributed by atoms with van der Waals surface area (Å²) in [4.78, 5) is 45.1. The first-order valence-electron chi connectivity index (χ1n) is 16.0. The zero-order valence-electron chi connectivity index (χ0n) is 27.1. The first-order valence-corrected chi connectivity index (χ1v) is 16.0. The zero-order chi connectivity index (χ0) is 34.9. The third-order valence-electron chi connectivity index (χ3n) is 8.59. The molecule has 2 atom stereocenters. The standard InChI is InChI=1S/C24H16FN3O2.C16H14FN3/c1-14(28-23(29)17-6-2-3-7-18(17)24(28)30)19-12-15-9-10-16(25)13-21(15)27-22(19)20-8-4-5-11-26-20;1-10(18)13-8-11-5-6-12(17)9-15(11)20-16(13)14-4-2-3-7-19-14/h2-14H,1H3;2-10H,18H2,1H3/t14-;10-/m00/s1. The van der Waals surface area contributed by atoms with E-state index in [2.05, 4.69) is 19.9 Å². The van der Waals surface area contributed by atoms with E-state index < -0.39 is 6.04 Å². The monoisotopic (exact) mass is 664 g/mol. The van der Waals surface area contributed by atoms with E-state index in [9.17, 15) is 18.4 Å². The largest absolute Gasteiger partial charge is 0.324 e. The molecule has 0 aliphatic carbocycles. The number of benzene rings is 3. The summed E-state index contributed by atoms with van der Waals surface area (Å²) in [5.41, 5.74) is 12.0.